The fourth-order valence-electron chi connectivity index (χ4n) is 5.54. The molecule has 5 heteroatoms. The van der Waals surface area contributed by atoms with Crippen molar-refractivity contribution in [3.63, 3.8) is 0 Å². The van der Waals surface area contributed by atoms with Crippen molar-refractivity contribution < 1.29 is 14.7 Å². The summed E-state index contributed by atoms with van der Waals surface area (Å²) in [6, 6.07) is 17.4. The number of nitrogens with zero attached hydrogens (tertiary/aromatic N) is 2. The molecule has 1 unspecified atom stereocenters. The van der Waals surface area contributed by atoms with E-state index in [0.29, 0.717) is 19.4 Å². The van der Waals surface area contributed by atoms with Gasteiger partial charge in [-0.05, 0) is 62.3 Å². The Morgan fingerprint density at radius 1 is 1.00 bits per heavy atom. The molecule has 5 nitrogen and oxygen atoms in total. The summed E-state index contributed by atoms with van der Waals surface area (Å²) in [5.74, 6) is -0.758. The number of aryl methyl sites for hydroxylation is 1. The number of piperidine rings is 1. The lowest BCUT2D eigenvalue weighted by molar-refractivity contribution is -0.137. The second-order valence-electron chi connectivity index (χ2n) is 9.85. The maximum Gasteiger partial charge on any atom is 0.303 e. The zero-order chi connectivity index (χ0) is 23.3. The van der Waals surface area contributed by atoms with Crippen LogP contribution in [0, 0.1) is 6.92 Å². The summed E-state index contributed by atoms with van der Waals surface area (Å²) in [6.07, 6.45) is 6.20. The third kappa shape index (κ3) is 5.83. The van der Waals surface area contributed by atoms with Gasteiger partial charge in [0.25, 0.3) is 0 Å². The monoisotopic (exact) mass is 448 g/mol. The average molecular weight is 449 g/mol. The fourth-order valence-corrected chi connectivity index (χ4v) is 5.54. The molecule has 1 saturated heterocycles. The first-order valence-corrected chi connectivity index (χ1v) is 12.3. The highest BCUT2D eigenvalue weighted by atomic mass is 16.4. The smallest absolute Gasteiger partial charge is 0.303 e. The number of rotatable bonds is 7. The molecule has 33 heavy (non-hydrogen) atoms. The van der Waals surface area contributed by atoms with Crippen LogP contribution in [0.5, 0.6) is 0 Å². The standard InChI is InChI=1S/C28H36N2O3/c1-22-11-13-23(14-12-22)15-18-30-17-5-4-16-28(30)19-24-7-2-3-8-25(24)20-29(21-28)26(31)9-6-10-27(32)33/h2-3,7-8,11-14H,4-6,9-10,15-21H2,1H3,(H,32,33). The van der Waals surface area contributed by atoms with Crippen LogP contribution in [0.4, 0.5) is 0 Å². The van der Waals surface area contributed by atoms with E-state index >= 15 is 0 Å². The molecule has 1 fully saturated rings. The Labute approximate surface area is 197 Å². The van der Waals surface area contributed by atoms with Gasteiger partial charge in [0.05, 0.1) is 0 Å². The Morgan fingerprint density at radius 3 is 2.52 bits per heavy atom. The van der Waals surface area contributed by atoms with E-state index in [-0.39, 0.29) is 17.9 Å². The first-order chi connectivity index (χ1) is 15.9. The van der Waals surface area contributed by atoms with E-state index < -0.39 is 5.97 Å². The van der Waals surface area contributed by atoms with Crippen LogP contribution in [0.2, 0.25) is 0 Å². The Hall–Kier alpha value is -2.66. The topological polar surface area (TPSA) is 60.9 Å². The second-order valence-corrected chi connectivity index (χ2v) is 9.85. The lowest BCUT2D eigenvalue weighted by Gasteiger charge is -2.49. The third-order valence-electron chi connectivity index (χ3n) is 7.40. The summed E-state index contributed by atoms with van der Waals surface area (Å²) in [5, 5.41) is 8.98. The summed E-state index contributed by atoms with van der Waals surface area (Å²) in [5.41, 5.74) is 5.16. The molecule has 1 atom stereocenters. The summed E-state index contributed by atoms with van der Waals surface area (Å²) < 4.78 is 0. The normalized spacial score (nSPS) is 20.9. The predicted molar refractivity (Wildman–Crippen MR) is 130 cm³/mol. The quantitative estimate of drug-likeness (QED) is 0.672. The van der Waals surface area contributed by atoms with Gasteiger partial charge in [0.2, 0.25) is 5.91 Å². The maximum absolute atomic E-state index is 13.2. The van der Waals surface area contributed by atoms with Crippen LogP contribution in [-0.4, -0.2) is 52.0 Å². The van der Waals surface area contributed by atoms with E-state index in [4.69, 9.17) is 5.11 Å². The van der Waals surface area contributed by atoms with Crippen LogP contribution < -0.4 is 0 Å². The first kappa shape index (κ1) is 23.5. The van der Waals surface area contributed by atoms with Crippen molar-refractivity contribution >= 4 is 11.9 Å². The van der Waals surface area contributed by atoms with Crippen molar-refractivity contribution in [2.24, 2.45) is 0 Å². The van der Waals surface area contributed by atoms with Crippen LogP contribution in [-0.2, 0) is 29.0 Å². The molecule has 1 spiro atoms. The highest BCUT2D eigenvalue weighted by Crippen LogP contribution is 2.36. The van der Waals surface area contributed by atoms with Crippen molar-refractivity contribution in [3.05, 3.63) is 70.8 Å². The molecule has 0 bridgehead atoms. The number of benzene rings is 2. The molecule has 2 aromatic rings. The summed E-state index contributed by atoms with van der Waals surface area (Å²) in [7, 11) is 0. The van der Waals surface area contributed by atoms with Gasteiger partial charge in [0.15, 0.2) is 0 Å². The van der Waals surface area contributed by atoms with E-state index in [9.17, 15) is 9.59 Å². The van der Waals surface area contributed by atoms with Crippen molar-refractivity contribution in [2.45, 2.75) is 70.4 Å². The van der Waals surface area contributed by atoms with E-state index in [1.54, 1.807) is 0 Å². The number of aliphatic carboxylic acids is 1. The van der Waals surface area contributed by atoms with Crippen LogP contribution in [0.15, 0.2) is 48.5 Å². The van der Waals surface area contributed by atoms with Crippen LogP contribution in [0.25, 0.3) is 0 Å². The highest BCUT2D eigenvalue weighted by Gasteiger charge is 2.43. The molecule has 0 saturated carbocycles. The molecule has 4 rings (SSSR count). The highest BCUT2D eigenvalue weighted by molar-refractivity contribution is 5.77. The van der Waals surface area contributed by atoms with Gasteiger partial charge in [0.1, 0.15) is 0 Å². The molecule has 1 amide bonds. The van der Waals surface area contributed by atoms with E-state index in [0.717, 1.165) is 38.9 Å². The Bertz CT molecular complexity index is 971. The number of fused-ring (bicyclic) bond motifs is 1. The lowest BCUT2D eigenvalue weighted by Crippen LogP contribution is -2.59. The average Bonchev–Trinajstić information content (AvgIpc) is 2.96. The van der Waals surface area contributed by atoms with Gasteiger partial charge < -0.3 is 10.0 Å². The molecule has 1 N–H and O–H groups in total. The molecule has 0 aromatic heterocycles. The van der Waals surface area contributed by atoms with Crippen LogP contribution in [0.1, 0.15) is 60.8 Å². The largest absolute Gasteiger partial charge is 0.481 e. The van der Waals surface area contributed by atoms with Crippen LogP contribution in [0.3, 0.4) is 0 Å². The molecular formula is C28H36N2O3. The van der Waals surface area contributed by atoms with Gasteiger partial charge in [-0.2, -0.15) is 0 Å². The molecular weight excluding hydrogens is 412 g/mol. The number of carbonyl (C=O) groups excluding carboxylic acids is 1. The zero-order valence-electron chi connectivity index (χ0n) is 19.8. The second kappa shape index (κ2) is 10.5. The van der Waals surface area contributed by atoms with Crippen molar-refractivity contribution in [2.75, 3.05) is 19.6 Å². The Balaban J connectivity index is 1.56. The molecule has 2 aromatic carbocycles. The van der Waals surface area contributed by atoms with Crippen molar-refractivity contribution in [1.29, 1.82) is 0 Å². The minimum Gasteiger partial charge on any atom is -0.481 e. The van der Waals surface area contributed by atoms with Gasteiger partial charge in [-0.3, -0.25) is 14.5 Å². The Morgan fingerprint density at radius 2 is 1.76 bits per heavy atom. The number of hydrogen-bond donors (Lipinski definition) is 1. The van der Waals surface area contributed by atoms with Gasteiger partial charge in [-0.1, -0.05) is 60.5 Å². The van der Waals surface area contributed by atoms with Crippen LogP contribution >= 0.6 is 0 Å². The number of carbonyl (C=O) groups is 2. The molecule has 2 heterocycles. The number of amides is 1. The number of carboxylic acid groups (broad SMARTS) is 1. The van der Waals surface area contributed by atoms with Gasteiger partial charge in [-0.25, -0.2) is 0 Å². The predicted octanol–water partition coefficient (Wildman–Crippen LogP) is 4.60. The minimum atomic E-state index is -0.838. The number of likely N-dealkylation sites (tertiary alicyclic amines) is 1. The summed E-state index contributed by atoms with van der Waals surface area (Å²) >= 11 is 0. The third-order valence-corrected chi connectivity index (χ3v) is 7.40. The van der Waals surface area contributed by atoms with Crippen molar-refractivity contribution in [1.82, 2.24) is 9.80 Å². The molecule has 0 aliphatic carbocycles. The van der Waals surface area contributed by atoms with Crippen molar-refractivity contribution in [3.8, 4) is 0 Å². The SMILES string of the molecule is Cc1ccc(CCN2CCCCC23Cc2ccccc2CN(C(=O)CCCC(=O)O)C3)cc1. The number of hydrogen-bond acceptors (Lipinski definition) is 3. The minimum absolute atomic E-state index is 0.0456. The van der Waals surface area contributed by atoms with E-state index in [1.807, 2.05) is 4.90 Å². The fraction of sp³-hybridized carbons (Fsp3) is 0.500. The Kier molecular flexibility index (Phi) is 7.49. The lowest BCUT2D eigenvalue weighted by atomic mass is 9.80. The molecule has 0 radical (unpaired) electrons. The maximum atomic E-state index is 13.2. The van der Waals surface area contributed by atoms with Gasteiger partial charge in [-0.15, -0.1) is 0 Å². The number of carboxylic acids is 1. The van der Waals surface area contributed by atoms with Gasteiger partial charge >= 0.3 is 5.97 Å². The zero-order valence-corrected chi connectivity index (χ0v) is 19.8. The van der Waals surface area contributed by atoms with E-state index in [1.165, 1.54) is 35.1 Å². The molecule has 2 aliphatic heterocycles. The van der Waals surface area contributed by atoms with E-state index in [2.05, 4.69) is 60.4 Å². The summed E-state index contributed by atoms with van der Waals surface area (Å²) in [6.45, 7) is 5.52. The van der Waals surface area contributed by atoms with Gasteiger partial charge in [0, 0.05) is 38.0 Å². The first-order valence-electron chi connectivity index (χ1n) is 12.3. The molecule has 176 valence electrons. The summed E-state index contributed by atoms with van der Waals surface area (Å²) in [4.78, 5) is 28.8. The molecule has 2 aliphatic rings.